The molecule has 0 unspecified atom stereocenters. The fourth-order valence-corrected chi connectivity index (χ4v) is 4.01. The number of benzene rings is 1. The summed E-state index contributed by atoms with van der Waals surface area (Å²) in [5.74, 6) is 1.65. The molecule has 0 atom stereocenters. The van der Waals surface area contributed by atoms with Gasteiger partial charge in [-0.1, -0.05) is 11.6 Å². The van der Waals surface area contributed by atoms with Crippen molar-refractivity contribution in [1.82, 2.24) is 13.9 Å². The lowest BCUT2D eigenvalue weighted by Gasteiger charge is -2.20. The summed E-state index contributed by atoms with van der Waals surface area (Å²) in [5, 5.41) is 0.543. The van der Waals surface area contributed by atoms with Crippen LogP contribution in [0.1, 0.15) is 29.9 Å². The van der Waals surface area contributed by atoms with Gasteiger partial charge in [-0.3, -0.25) is 0 Å². The highest BCUT2D eigenvalue weighted by molar-refractivity contribution is 7.88. The van der Waals surface area contributed by atoms with Crippen LogP contribution in [-0.2, 0) is 36.1 Å². The van der Waals surface area contributed by atoms with Gasteiger partial charge in [0.05, 0.1) is 25.6 Å². The number of hydrogen-bond donors (Lipinski definition) is 0. The Morgan fingerprint density at radius 3 is 2.80 bits per heavy atom. The molecule has 1 aromatic heterocycles. The second-order valence-electron chi connectivity index (χ2n) is 6.29. The van der Waals surface area contributed by atoms with Gasteiger partial charge in [0.2, 0.25) is 10.0 Å². The summed E-state index contributed by atoms with van der Waals surface area (Å²) >= 11 is 6.06. The van der Waals surface area contributed by atoms with Crippen molar-refractivity contribution in [2.75, 3.05) is 13.4 Å². The maximum absolute atomic E-state index is 12.3. The summed E-state index contributed by atoms with van der Waals surface area (Å²) in [7, 11) is -1.86. The van der Waals surface area contributed by atoms with Gasteiger partial charge in [0, 0.05) is 36.3 Å². The van der Waals surface area contributed by atoms with E-state index in [1.807, 2.05) is 6.20 Å². The first-order valence-electron chi connectivity index (χ1n) is 8.19. The number of hydrogen-bond acceptors (Lipinski definition) is 4. The minimum Gasteiger partial charge on any atom is -0.496 e. The van der Waals surface area contributed by atoms with Crippen LogP contribution < -0.4 is 4.74 Å². The van der Waals surface area contributed by atoms with Gasteiger partial charge in [-0.15, -0.1) is 0 Å². The molecule has 3 rings (SSSR count). The predicted octanol–water partition coefficient (Wildman–Crippen LogP) is 2.84. The van der Waals surface area contributed by atoms with Gasteiger partial charge in [0.15, 0.2) is 0 Å². The van der Waals surface area contributed by atoms with E-state index in [4.69, 9.17) is 16.3 Å². The molecule has 0 spiro atoms. The maximum atomic E-state index is 12.3. The Kier molecular flexibility index (Phi) is 5.36. The van der Waals surface area contributed by atoms with Crippen LogP contribution in [0.2, 0.25) is 5.02 Å². The number of methoxy groups -OCH3 is 1. The Bertz CT molecular complexity index is 841. The van der Waals surface area contributed by atoms with Gasteiger partial charge in [0.1, 0.15) is 11.6 Å². The van der Waals surface area contributed by atoms with Crippen LogP contribution in [0.25, 0.3) is 0 Å². The van der Waals surface area contributed by atoms with E-state index in [2.05, 4.69) is 9.55 Å². The van der Waals surface area contributed by atoms with E-state index in [0.717, 1.165) is 42.9 Å². The zero-order valence-electron chi connectivity index (χ0n) is 14.4. The number of imidazole rings is 1. The van der Waals surface area contributed by atoms with Crippen molar-refractivity contribution in [3.63, 3.8) is 0 Å². The minimum absolute atomic E-state index is 0.185. The molecule has 0 fully saturated rings. The Balaban J connectivity index is 1.86. The lowest BCUT2D eigenvalue weighted by atomic mass is 10.2. The molecule has 2 heterocycles. The van der Waals surface area contributed by atoms with E-state index in [0.29, 0.717) is 10.8 Å². The van der Waals surface area contributed by atoms with Crippen LogP contribution in [0.4, 0.5) is 0 Å². The molecule has 0 aliphatic carbocycles. The largest absolute Gasteiger partial charge is 0.496 e. The van der Waals surface area contributed by atoms with Crippen LogP contribution in [0.5, 0.6) is 5.75 Å². The highest BCUT2D eigenvalue weighted by atomic mass is 35.5. The van der Waals surface area contributed by atoms with E-state index in [-0.39, 0.29) is 13.1 Å². The van der Waals surface area contributed by atoms with Gasteiger partial charge in [-0.25, -0.2) is 13.4 Å². The van der Waals surface area contributed by atoms with Crippen molar-refractivity contribution in [2.45, 2.75) is 38.9 Å². The van der Waals surface area contributed by atoms with E-state index in [1.54, 1.807) is 25.3 Å². The number of ether oxygens (including phenoxy) is 1. The molecule has 2 aromatic rings. The third-order valence-corrected chi connectivity index (χ3v) is 5.79. The third kappa shape index (κ3) is 4.34. The Morgan fingerprint density at radius 2 is 2.12 bits per heavy atom. The molecule has 0 N–H and O–H groups in total. The molecular formula is C17H22ClN3O3S. The second kappa shape index (κ2) is 7.35. The Hall–Kier alpha value is -1.57. The molecule has 25 heavy (non-hydrogen) atoms. The summed E-state index contributed by atoms with van der Waals surface area (Å²) in [5.41, 5.74) is 1.49. The molecule has 0 bridgehead atoms. The van der Waals surface area contributed by atoms with Crippen LogP contribution in [0.15, 0.2) is 24.4 Å². The van der Waals surface area contributed by atoms with Crippen LogP contribution in [0.3, 0.4) is 0 Å². The third-order valence-electron chi connectivity index (χ3n) is 4.35. The van der Waals surface area contributed by atoms with Gasteiger partial charge >= 0.3 is 0 Å². The standard InChI is InChI=1S/C17H22ClN3O3S/c1-24-16-7-6-14(18)9-13(16)10-21(25(2,22)23)12-15-11-20-8-4-3-5-17(20)19-15/h6-7,9,11H,3-5,8,10,12H2,1-2H3. The zero-order chi connectivity index (χ0) is 18.0. The fourth-order valence-electron chi connectivity index (χ4n) is 3.08. The monoisotopic (exact) mass is 383 g/mol. The van der Waals surface area contributed by atoms with Crippen molar-refractivity contribution in [2.24, 2.45) is 0 Å². The molecular weight excluding hydrogens is 362 g/mol. The van der Waals surface area contributed by atoms with Crippen LogP contribution in [-0.4, -0.2) is 35.6 Å². The number of aryl methyl sites for hydroxylation is 2. The first-order chi connectivity index (χ1) is 11.9. The first-order valence-corrected chi connectivity index (χ1v) is 10.4. The average Bonchev–Trinajstić information content (AvgIpc) is 2.96. The van der Waals surface area contributed by atoms with Crippen molar-refractivity contribution >= 4 is 21.6 Å². The Morgan fingerprint density at radius 1 is 1.32 bits per heavy atom. The summed E-state index contributed by atoms with van der Waals surface area (Å²) < 4.78 is 33.4. The van der Waals surface area contributed by atoms with Gasteiger partial charge < -0.3 is 9.30 Å². The number of fused-ring (bicyclic) bond motifs is 1. The van der Waals surface area contributed by atoms with E-state index >= 15 is 0 Å². The van der Waals surface area contributed by atoms with Gasteiger partial charge in [-0.2, -0.15) is 4.31 Å². The topological polar surface area (TPSA) is 64.4 Å². The van der Waals surface area contributed by atoms with Crippen LogP contribution in [0, 0.1) is 0 Å². The van der Waals surface area contributed by atoms with E-state index in [9.17, 15) is 8.42 Å². The molecule has 0 amide bonds. The highest BCUT2D eigenvalue weighted by Crippen LogP contribution is 2.26. The Labute approximate surface area is 153 Å². The second-order valence-corrected chi connectivity index (χ2v) is 8.71. The van der Waals surface area contributed by atoms with Crippen molar-refractivity contribution in [3.05, 3.63) is 46.5 Å². The molecule has 1 aliphatic heterocycles. The molecule has 8 heteroatoms. The molecule has 136 valence electrons. The first kappa shape index (κ1) is 18.2. The number of sulfonamides is 1. The number of nitrogens with zero attached hydrogens (tertiary/aromatic N) is 3. The smallest absolute Gasteiger partial charge is 0.211 e. The summed E-state index contributed by atoms with van der Waals surface area (Å²) in [6.07, 6.45) is 6.38. The molecule has 0 saturated heterocycles. The molecule has 0 radical (unpaired) electrons. The highest BCUT2D eigenvalue weighted by Gasteiger charge is 2.22. The quantitative estimate of drug-likeness (QED) is 0.769. The van der Waals surface area contributed by atoms with Crippen molar-refractivity contribution in [1.29, 1.82) is 0 Å². The lowest BCUT2D eigenvalue weighted by Crippen LogP contribution is -2.29. The maximum Gasteiger partial charge on any atom is 0.211 e. The van der Waals surface area contributed by atoms with E-state index < -0.39 is 10.0 Å². The molecule has 1 aromatic carbocycles. The number of aromatic nitrogens is 2. The molecule has 1 aliphatic rings. The fraction of sp³-hybridized carbons (Fsp3) is 0.471. The zero-order valence-corrected chi connectivity index (χ0v) is 16.0. The van der Waals surface area contributed by atoms with Crippen LogP contribution >= 0.6 is 11.6 Å². The average molecular weight is 384 g/mol. The number of halogens is 1. The summed E-state index contributed by atoms with van der Waals surface area (Å²) in [6, 6.07) is 5.20. The molecule has 6 nitrogen and oxygen atoms in total. The summed E-state index contributed by atoms with van der Waals surface area (Å²) in [4.78, 5) is 4.61. The predicted molar refractivity (Wildman–Crippen MR) is 97.3 cm³/mol. The van der Waals surface area contributed by atoms with Crippen molar-refractivity contribution < 1.29 is 13.2 Å². The minimum atomic E-state index is -3.42. The number of rotatable bonds is 6. The van der Waals surface area contributed by atoms with Gasteiger partial charge in [0.25, 0.3) is 0 Å². The van der Waals surface area contributed by atoms with Crippen molar-refractivity contribution in [3.8, 4) is 5.75 Å². The van der Waals surface area contributed by atoms with Gasteiger partial charge in [-0.05, 0) is 31.0 Å². The van der Waals surface area contributed by atoms with E-state index in [1.165, 1.54) is 10.6 Å². The molecule has 0 saturated carbocycles. The normalized spacial score (nSPS) is 14.6. The summed E-state index contributed by atoms with van der Waals surface area (Å²) in [6.45, 7) is 1.36. The lowest BCUT2D eigenvalue weighted by molar-refractivity contribution is 0.375. The SMILES string of the molecule is COc1ccc(Cl)cc1CN(Cc1cn2c(n1)CCCC2)S(C)(=O)=O.